The van der Waals surface area contributed by atoms with Crippen molar-refractivity contribution in [2.24, 2.45) is 7.05 Å². The summed E-state index contributed by atoms with van der Waals surface area (Å²) in [6.07, 6.45) is 2.58. The number of H-pyrrole nitrogens is 1. The molecule has 0 saturated carbocycles. The van der Waals surface area contributed by atoms with Crippen LogP contribution < -0.4 is 0 Å². The van der Waals surface area contributed by atoms with Crippen LogP contribution in [0.5, 0.6) is 0 Å². The van der Waals surface area contributed by atoms with Crippen LogP contribution in [-0.4, -0.2) is 35.0 Å². The number of aromatic nitrogens is 4. The largest absolute Gasteiger partial charge is 0.328 e. The van der Waals surface area contributed by atoms with E-state index in [4.69, 9.17) is 12.2 Å². The van der Waals surface area contributed by atoms with Crippen molar-refractivity contribution in [3.63, 3.8) is 0 Å². The summed E-state index contributed by atoms with van der Waals surface area (Å²) in [5, 5.41) is 4.54. The minimum Gasteiger partial charge on any atom is -0.328 e. The lowest BCUT2D eigenvalue weighted by Gasteiger charge is -2.09. The lowest BCUT2D eigenvalue weighted by atomic mass is 10.3. The van der Waals surface area contributed by atoms with Gasteiger partial charge in [-0.3, -0.25) is 8.89 Å². The number of aromatic amines is 1. The van der Waals surface area contributed by atoms with Crippen LogP contribution in [0.2, 0.25) is 0 Å². The number of hydrogen-bond donors (Lipinski definition) is 1. The third-order valence-electron chi connectivity index (χ3n) is 3.25. The highest BCUT2D eigenvalue weighted by atomic mass is 32.2. The monoisotopic (exact) mass is 286 g/mol. The van der Waals surface area contributed by atoms with Crippen LogP contribution in [0.1, 0.15) is 19.0 Å². The fourth-order valence-electron chi connectivity index (χ4n) is 2.06. The van der Waals surface area contributed by atoms with Gasteiger partial charge < -0.3 is 9.55 Å². The molecular weight excluding hydrogens is 268 g/mol. The molecule has 0 saturated heterocycles. The third-order valence-corrected chi connectivity index (χ3v) is 4.94. The molecule has 0 bridgehead atoms. The first-order valence-electron chi connectivity index (χ1n) is 5.86. The molecule has 2 aromatic rings. The molecule has 2 unspecified atom stereocenters. The van der Waals surface area contributed by atoms with Crippen molar-refractivity contribution >= 4 is 34.2 Å². The van der Waals surface area contributed by atoms with E-state index >= 15 is 0 Å². The van der Waals surface area contributed by atoms with Crippen molar-refractivity contribution in [3.05, 3.63) is 10.5 Å². The van der Waals surface area contributed by atoms with Gasteiger partial charge in [0.2, 0.25) is 0 Å². The van der Waals surface area contributed by atoms with Gasteiger partial charge in [-0.05, 0) is 25.6 Å². The Bertz CT molecular complexity index is 652. The molecule has 2 atom stereocenters. The van der Waals surface area contributed by atoms with Crippen molar-refractivity contribution < 1.29 is 4.21 Å². The fourth-order valence-corrected chi connectivity index (χ4v) is 2.77. The maximum Gasteiger partial charge on any atom is 0.179 e. The Morgan fingerprint density at radius 2 is 2.22 bits per heavy atom. The lowest BCUT2D eigenvalue weighted by Crippen LogP contribution is -2.13. The first kappa shape index (κ1) is 13.5. The normalized spacial score (nSPS) is 15.1. The van der Waals surface area contributed by atoms with E-state index < -0.39 is 10.8 Å². The smallest absolute Gasteiger partial charge is 0.179 e. The average molecular weight is 286 g/mol. The van der Waals surface area contributed by atoms with Crippen LogP contribution in [0.15, 0.2) is 0 Å². The minimum atomic E-state index is -0.792. The summed E-state index contributed by atoms with van der Waals surface area (Å²) < 4.78 is 16.0. The standard InChI is InChI=1S/C11H18N4OS2/c1-7(18(4)16)5-6-15-10-9(12-11(15)17)8(2)13-14(10)3/h7H,5-6H2,1-4H3,(H,12,17). The number of fused-ring (bicyclic) bond motifs is 1. The second-order valence-corrected chi connectivity index (χ2v) is 6.78. The van der Waals surface area contributed by atoms with Crippen molar-refractivity contribution in [1.29, 1.82) is 0 Å². The van der Waals surface area contributed by atoms with Gasteiger partial charge in [-0.1, -0.05) is 6.92 Å². The Balaban J connectivity index is 2.36. The molecule has 2 rings (SSSR count). The minimum absolute atomic E-state index is 0.172. The maximum absolute atomic E-state index is 11.4. The van der Waals surface area contributed by atoms with Gasteiger partial charge in [-0.2, -0.15) is 5.10 Å². The van der Waals surface area contributed by atoms with E-state index in [0.717, 1.165) is 29.8 Å². The van der Waals surface area contributed by atoms with Gasteiger partial charge >= 0.3 is 0 Å². The summed E-state index contributed by atoms with van der Waals surface area (Å²) in [6.45, 7) is 4.72. The maximum atomic E-state index is 11.4. The highest BCUT2D eigenvalue weighted by molar-refractivity contribution is 7.84. The summed E-state index contributed by atoms with van der Waals surface area (Å²) in [5.74, 6) is 0. The van der Waals surface area contributed by atoms with Gasteiger partial charge in [-0.15, -0.1) is 0 Å². The van der Waals surface area contributed by atoms with Gasteiger partial charge in [0.15, 0.2) is 10.4 Å². The Morgan fingerprint density at radius 3 is 2.83 bits per heavy atom. The Labute approximate surface area is 114 Å². The van der Waals surface area contributed by atoms with E-state index in [-0.39, 0.29) is 5.25 Å². The molecule has 2 aromatic heterocycles. The van der Waals surface area contributed by atoms with Crippen LogP contribution in [0.25, 0.3) is 11.2 Å². The van der Waals surface area contributed by atoms with Crippen LogP contribution >= 0.6 is 12.2 Å². The lowest BCUT2D eigenvalue weighted by molar-refractivity contribution is 0.610. The van der Waals surface area contributed by atoms with Crippen LogP contribution in [-0.2, 0) is 24.4 Å². The highest BCUT2D eigenvalue weighted by Gasteiger charge is 2.14. The first-order chi connectivity index (χ1) is 8.41. The summed E-state index contributed by atoms with van der Waals surface area (Å²) in [5.41, 5.74) is 2.95. The zero-order valence-electron chi connectivity index (χ0n) is 11.1. The zero-order chi connectivity index (χ0) is 13.4. The molecule has 0 fully saturated rings. The number of hydrogen-bond acceptors (Lipinski definition) is 3. The SMILES string of the molecule is Cc1nn(C)c2c1[nH]c(=S)n2CCC(C)S(C)=O. The number of nitrogens with one attached hydrogen (secondary N) is 1. The fraction of sp³-hybridized carbons (Fsp3) is 0.636. The van der Waals surface area contributed by atoms with Gasteiger partial charge in [0.25, 0.3) is 0 Å². The average Bonchev–Trinajstić information content (AvgIpc) is 2.75. The van der Waals surface area contributed by atoms with Crippen LogP contribution in [0.4, 0.5) is 0 Å². The molecule has 0 radical (unpaired) electrons. The molecular formula is C11H18N4OS2. The summed E-state index contributed by atoms with van der Waals surface area (Å²) in [6, 6.07) is 0. The highest BCUT2D eigenvalue weighted by Crippen LogP contribution is 2.17. The Morgan fingerprint density at radius 1 is 1.56 bits per heavy atom. The molecule has 0 aliphatic rings. The summed E-state index contributed by atoms with van der Waals surface area (Å²) >= 11 is 5.33. The molecule has 0 spiro atoms. The quantitative estimate of drug-likeness (QED) is 0.873. The molecule has 0 amide bonds. The summed E-state index contributed by atoms with van der Waals surface area (Å²) in [7, 11) is 1.12. The Kier molecular flexibility index (Phi) is 3.72. The number of rotatable bonds is 4. The molecule has 0 aliphatic heterocycles. The van der Waals surface area contributed by atoms with E-state index in [1.165, 1.54) is 0 Å². The molecule has 7 heteroatoms. The van der Waals surface area contributed by atoms with E-state index in [0.29, 0.717) is 4.77 Å². The first-order valence-corrected chi connectivity index (χ1v) is 7.89. The van der Waals surface area contributed by atoms with E-state index in [1.807, 2.05) is 30.1 Å². The number of nitrogens with zero attached hydrogens (tertiary/aromatic N) is 3. The van der Waals surface area contributed by atoms with Gasteiger partial charge in [0.05, 0.1) is 5.69 Å². The molecule has 100 valence electrons. The predicted molar refractivity (Wildman–Crippen MR) is 76.8 cm³/mol. The van der Waals surface area contributed by atoms with Gasteiger partial charge in [0, 0.05) is 35.9 Å². The molecule has 18 heavy (non-hydrogen) atoms. The van der Waals surface area contributed by atoms with E-state index in [2.05, 4.69) is 10.1 Å². The van der Waals surface area contributed by atoms with Crippen molar-refractivity contribution in [2.45, 2.75) is 32.1 Å². The van der Waals surface area contributed by atoms with Crippen molar-refractivity contribution in [3.8, 4) is 0 Å². The molecule has 5 nitrogen and oxygen atoms in total. The third kappa shape index (κ3) is 2.29. The Hall–Kier alpha value is -0.950. The number of imidazole rings is 1. The van der Waals surface area contributed by atoms with Crippen LogP contribution in [0, 0.1) is 11.7 Å². The number of aryl methyl sites for hydroxylation is 3. The predicted octanol–water partition coefficient (Wildman–Crippen LogP) is 1.90. The van der Waals surface area contributed by atoms with Gasteiger partial charge in [-0.25, -0.2) is 0 Å². The topological polar surface area (TPSA) is 55.6 Å². The second kappa shape index (κ2) is 4.97. The molecule has 2 heterocycles. The molecule has 0 aromatic carbocycles. The van der Waals surface area contributed by atoms with Crippen molar-refractivity contribution in [1.82, 2.24) is 19.3 Å². The van der Waals surface area contributed by atoms with E-state index in [1.54, 1.807) is 6.26 Å². The van der Waals surface area contributed by atoms with E-state index in [9.17, 15) is 4.21 Å². The van der Waals surface area contributed by atoms with Gasteiger partial charge in [0.1, 0.15) is 5.52 Å². The zero-order valence-corrected chi connectivity index (χ0v) is 12.7. The molecule has 1 N–H and O–H groups in total. The van der Waals surface area contributed by atoms with Crippen LogP contribution in [0.3, 0.4) is 0 Å². The van der Waals surface area contributed by atoms with Crippen molar-refractivity contribution in [2.75, 3.05) is 6.26 Å². The molecule has 0 aliphatic carbocycles. The second-order valence-electron chi connectivity index (χ2n) is 4.59. The summed E-state index contributed by atoms with van der Waals surface area (Å²) in [4.78, 5) is 3.19.